The topological polar surface area (TPSA) is 32.3 Å². The molecule has 1 saturated carbocycles. The number of rotatable bonds is 4. The van der Waals surface area contributed by atoms with E-state index < -0.39 is 0 Å². The molecule has 2 unspecified atom stereocenters. The summed E-state index contributed by atoms with van der Waals surface area (Å²) in [7, 11) is 1.96. The second-order valence-corrected chi connectivity index (χ2v) is 6.78. The Morgan fingerprint density at radius 3 is 2.83 bits per heavy atom. The summed E-state index contributed by atoms with van der Waals surface area (Å²) in [6.45, 7) is 4.56. The van der Waals surface area contributed by atoms with Gasteiger partial charge in [-0.25, -0.2) is 0 Å². The summed E-state index contributed by atoms with van der Waals surface area (Å²) in [6.07, 6.45) is 3.31. The van der Waals surface area contributed by atoms with E-state index in [9.17, 15) is 5.11 Å². The molecule has 0 bridgehead atoms. The molecule has 0 amide bonds. The lowest BCUT2D eigenvalue weighted by Gasteiger charge is -2.26. The van der Waals surface area contributed by atoms with Gasteiger partial charge in [-0.2, -0.15) is 0 Å². The van der Waals surface area contributed by atoms with Gasteiger partial charge in [-0.1, -0.05) is 17.7 Å². The standard InChI is InChI=1S/C15H23NOS/c1-11-4-5-12(2)14(8-11)18-13-6-7-15(9-13,10-17)16-3/h4-5,8,13,16-17H,6-7,9-10H2,1-3H3. The Kier molecular flexibility index (Phi) is 4.36. The first-order chi connectivity index (χ1) is 8.58. The van der Waals surface area contributed by atoms with Gasteiger partial charge >= 0.3 is 0 Å². The third-order valence-electron chi connectivity index (χ3n) is 4.03. The third-order valence-corrected chi connectivity index (χ3v) is 5.46. The zero-order valence-electron chi connectivity index (χ0n) is 11.5. The zero-order chi connectivity index (χ0) is 13.2. The van der Waals surface area contributed by atoms with Crippen molar-refractivity contribution in [1.82, 2.24) is 5.32 Å². The van der Waals surface area contributed by atoms with Crippen LogP contribution >= 0.6 is 11.8 Å². The molecular formula is C15H23NOS. The van der Waals surface area contributed by atoms with Gasteiger partial charge in [-0.05, 0) is 51.8 Å². The fourth-order valence-corrected chi connectivity index (χ4v) is 4.15. The van der Waals surface area contributed by atoms with Gasteiger partial charge in [0, 0.05) is 15.7 Å². The van der Waals surface area contributed by atoms with E-state index in [4.69, 9.17) is 0 Å². The molecule has 1 aliphatic rings. The van der Waals surface area contributed by atoms with Crippen molar-refractivity contribution in [2.45, 2.75) is 48.8 Å². The van der Waals surface area contributed by atoms with Crippen LogP contribution in [0.3, 0.4) is 0 Å². The van der Waals surface area contributed by atoms with Crippen LogP contribution < -0.4 is 5.32 Å². The molecule has 0 spiro atoms. The summed E-state index contributed by atoms with van der Waals surface area (Å²) in [6, 6.07) is 6.64. The average Bonchev–Trinajstić information content (AvgIpc) is 2.78. The summed E-state index contributed by atoms with van der Waals surface area (Å²) in [4.78, 5) is 1.39. The lowest BCUT2D eigenvalue weighted by molar-refractivity contribution is 0.173. The number of hydrogen-bond donors (Lipinski definition) is 2. The molecule has 0 aliphatic heterocycles. The van der Waals surface area contributed by atoms with Gasteiger partial charge in [0.05, 0.1) is 6.61 Å². The molecule has 1 aromatic rings. The molecule has 18 heavy (non-hydrogen) atoms. The molecule has 2 atom stereocenters. The zero-order valence-corrected chi connectivity index (χ0v) is 12.3. The van der Waals surface area contributed by atoms with Gasteiger partial charge in [0.1, 0.15) is 0 Å². The predicted octanol–water partition coefficient (Wildman–Crippen LogP) is 2.90. The van der Waals surface area contributed by atoms with Crippen molar-refractivity contribution in [3.05, 3.63) is 29.3 Å². The Balaban J connectivity index is 2.05. The lowest BCUT2D eigenvalue weighted by atomic mass is 10.00. The SMILES string of the molecule is CNC1(CO)CCC(Sc2cc(C)ccc2C)C1. The molecule has 0 aromatic heterocycles. The van der Waals surface area contributed by atoms with Crippen LogP contribution in [-0.2, 0) is 0 Å². The van der Waals surface area contributed by atoms with E-state index in [1.807, 2.05) is 18.8 Å². The molecule has 1 fully saturated rings. The van der Waals surface area contributed by atoms with Gasteiger partial charge < -0.3 is 10.4 Å². The number of hydrogen-bond acceptors (Lipinski definition) is 3. The fraction of sp³-hybridized carbons (Fsp3) is 0.600. The second-order valence-electron chi connectivity index (χ2n) is 5.44. The number of nitrogens with one attached hydrogen (secondary N) is 1. The Morgan fingerprint density at radius 1 is 1.44 bits per heavy atom. The van der Waals surface area contributed by atoms with Crippen molar-refractivity contribution < 1.29 is 5.11 Å². The van der Waals surface area contributed by atoms with Gasteiger partial charge in [-0.15, -0.1) is 11.8 Å². The summed E-state index contributed by atoms with van der Waals surface area (Å²) in [5.41, 5.74) is 2.63. The molecule has 0 radical (unpaired) electrons. The quantitative estimate of drug-likeness (QED) is 0.878. The maximum Gasteiger partial charge on any atom is 0.0613 e. The minimum atomic E-state index is -0.0462. The van der Waals surface area contributed by atoms with Gasteiger partial charge in [0.15, 0.2) is 0 Å². The molecule has 1 aliphatic carbocycles. The fourth-order valence-electron chi connectivity index (χ4n) is 2.64. The summed E-state index contributed by atoms with van der Waals surface area (Å²) >= 11 is 1.97. The Bertz CT molecular complexity index is 415. The second kappa shape index (κ2) is 5.64. The average molecular weight is 265 g/mol. The number of benzene rings is 1. The number of thioether (sulfide) groups is 1. The summed E-state index contributed by atoms with van der Waals surface area (Å²) < 4.78 is 0. The number of aliphatic hydroxyl groups excluding tert-OH is 1. The molecule has 2 nitrogen and oxygen atoms in total. The van der Waals surface area contributed by atoms with E-state index in [-0.39, 0.29) is 12.1 Å². The van der Waals surface area contributed by atoms with E-state index in [0.29, 0.717) is 5.25 Å². The van der Waals surface area contributed by atoms with Crippen LogP contribution in [0.2, 0.25) is 0 Å². The highest BCUT2D eigenvalue weighted by Gasteiger charge is 2.37. The predicted molar refractivity (Wildman–Crippen MR) is 78.3 cm³/mol. The molecule has 2 N–H and O–H groups in total. The van der Waals surface area contributed by atoms with Crippen molar-refractivity contribution in [2.75, 3.05) is 13.7 Å². The van der Waals surface area contributed by atoms with Crippen LogP contribution in [0.25, 0.3) is 0 Å². The largest absolute Gasteiger partial charge is 0.394 e. The number of aryl methyl sites for hydroxylation is 2. The maximum atomic E-state index is 9.53. The van der Waals surface area contributed by atoms with E-state index >= 15 is 0 Å². The van der Waals surface area contributed by atoms with Crippen molar-refractivity contribution in [1.29, 1.82) is 0 Å². The van der Waals surface area contributed by atoms with Crippen molar-refractivity contribution in [2.24, 2.45) is 0 Å². The van der Waals surface area contributed by atoms with Gasteiger partial charge in [0.2, 0.25) is 0 Å². The molecular weight excluding hydrogens is 242 g/mol. The summed E-state index contributed by atoms with van der Waals surface area (Å²) in [5.74, 6) is 0. The number of aliphatic hydroxyl groups is 1. The Morgan fingerprint density at radius 2 is 2.22 bits per heavy atom. The first kappa shape index (κ1) is 13.9. The first-order valence-corrected chi connectivity index (χ1v) is 7.50. The first-order valence-electron chi connectivity index (χ1n) is 6.62. The van der Waals surface area contributed by atoms with Crippen molar-refractivity contribution in [3.8, 4) is 0 Å². The summed E-state index contributed by atoms with van der Waals surface area (Å²) in [5, 5.41) is 13.4. The van der Waals surface area contributed by atoms with Crippen molar-refractivity contribution >= 4 is 11.8 Å². The normalized spacial score (nSPS) is 27.7. The Hall–Kier alpha value is -0.510. The van der Waals surface area contributed by atoms with Gasteiger partial charge in [-0.3, -0.25) is 0 Å². The van der Waals surface area contributed by atoms with Crippen LogP contribution in [-0.4, -0.2) is 29.5 Å². The molecule has 100 valence electrons. The van der Waals surface area contributed by atoms with E-state index in [0.717, 1.165) is 12.8 Å². The Labute approximate surface area is 114 Å². The maximum absolute atomic E-state index is 9.53. The lowest BCUT2D eigenvalue weighted by Crippen LogP contribution is -2.44. The van der Waals surface area contributed by atoms with Crippen LogP contribution in [0.15, 0.2) is 23.1 Å². The van der Waals surface area contributed by atoms with Crippen LogP contribution in [0.5, 0.6) is 0 Å². The van der Waals surface area contributed by atoms with Crippen LogP contribution in [0.4, 0.5) is 0 Å². The highest BCUT2D eigenvalue weighted by Crippen LogP contribution is 2.40. The minimum Gasteiger partial charge on any atom is -0.394 e. The van der Waals surface area contributed by atoms with E-state index in [1.165, 1.54) is 22.4 Å². The number of likely N-dealkylation sites (N-methyl/N-ethyl adjacent to an activating group) is 1. The molecule has 2 rings (SSSR count). The van der Waals surface area contributed by atoms with Crippen LogP contribution in [0.1, 0.15) is 30.4 Å². The van der Waals surface area contributed by atoms with Crippen LogP contribution in [0, 0.1) is 13.8 Å². The molecule has 1 aromatic carbocycles. The third kappa shape index (κ3) is 2.90. The molecule has 0 saturated heterocycles. The highest BCUT2D eigenvalue weighted by atomic mass is 32.2. The minimum absolute atomic E-state index is 0.0462. The van der Waals surface area contributed by atoms with Gasteiger partial charge in [0.25, 0.3) is 0 Å². The smallest absolute Gasteiger partial charge is 0.0613 e. The van der Waals surface area contributed by atoms with Crippen molar-refractivity contribution in [3.63, 3.8) is 0 Å². The molecule has 0 heterocycles. The highest BCUT2D eigenvalue weighted by molar-refractivity contribution is 8.00. The van der Waals surface area contributed by atoms with E-state index in [2.05, 4.69) is 37.4 Å². The molecule has 3 heteroatoms. The monoisotopic (exact) mass is 265 g/mol. The van der Waals surface area contributed by atoms with E-state index in [1.54, 1.807) is 0 Å².